The Balaban J connectivity index is 1.66. The average Bonchev–Trinajstić information content (AvgIpc) is 3.36. The number of allylic oxidation sites excluding steroid dienone is 1. The molecule has 0 saturated carbocycles. The second-order valence-electron chi connectivity index (χ2n) is 6.34. The third-order valence-electron chi connectivity index (χ3n) is 4.46. The first-order valence-electron chi connectivity index (χ1n) is 9.09. The van der Waals surface area contributed by atoms with Crippen LogP contribution in [0.3, 0.4) is 0 Å². The molecule has 9 heteroatoms. The number of thiophene rings is 1. The topological polar surface area (TPSA) is 69.0 Å². The molecule has 1 aliphatic heterocycles. The molecule has 2 aromatic heterocycles. The quantitative estimate of drug-likeness (QED) is 0.417. The zero-order chi connectivity index (χ0) is 20.4. The van der Waals surface area contributed by atoms with Gasteiger partial charge in [-0.2, -0.15) is 4.98 Å². The van der Waals surface area contributed by atoms with Crippen LogP contribution in [0.4, 0.5) is 5.95 Å². The van der Waals surface area contributed by atoms with Gasteiger partial charge in [0.25, 0.3) is 0 Å². The molecule has 1 atom stereocenters. The summed E-state index contributed by atoms with van der Waals surface area (Å²) < 4.78 is 7.07. The summed E-state index contributed by atoms with van der Waals surface area (Å²) in [6, 6.07) is 11.3. The SMILES string of the molecule is CCOC(=O)C1=C(C)Nc2nc(SCc3ccccc3Cl)nn2C1c1cccs1. The van der Waals surface area contributed by atoms with Gasteiger partial charge in [-0.1, -0.05) is 47.6 Å². The molecule has 150 valence electrons. The molecule has 6 nitrogen and oxygen atoms in total. The lowest BCUT2D eigenvalue weighted by Crippen LogP contribution is -2.29. The van der Waals surface area contributed by atoms with E-state index in [-0.39, 0.29) is 12.0 Å². The van der Waals surface area contributed by atoms with Gasteiger partial charge in [0.1, 0.15) is 6.04 Å². The molecule has 0 aliphatic carbocycles. The van der Waals surface area contributed by atoms with Crippen molar-refractivity contribution in [2.45, 2.75) is 30.8 Å². The van der Waals surface area contributed by atoms with E-state index in [9.17, 15) is 4.79 Å². The van der Waals surface area contributed by atoms with Gasteiger partial charge >= 0.3 is 5.97 Å². The molecule has 3 aromatic rings. The maximum Gasteiger partial charge on any atom is 0.338 e. The van der Waals surface area contributed by atoms with Crippen molar-refractivity contribution in [2.24, 2.45) is 0 Å². The zero-order valence-corrected chi connectivity index (χ0v) is 18.3. The molecule has 0 fully saturated rings. The molecule has 0 bridgehead atoms. The minimum atomic E-state index is -0.368. The third-order valence-corrected chi connectivity index (χ3v) is 6.64. The van der Waals surface area contributed by atoms with E-state index in [2.05, 4.69) is 15.4 Å². The highest BCUT2D eigenvalue weighted by atomic mass is 35.5. The van der Waals surface area contributed by atoms with Crippen LogP contribution in [0.15, 0.2) is 58.2 Å². The van der Waals surface area contributed by atoms with Crippen LogP contribution in [-0.4, -0.2) is 27.3 Å². The maximum absolute atomic E-state index is 12.7. The Kier molecular flexibility index (Phi) is 5.94. The first-order chi connectivity index (χ1) is 14.1. The highest BCUT2D eigenvalue weighted by Crippen LogP contribution is 2.38. The molecule has 0 saturated heterocycles. The summed E-state index contributed by atoms with van der Waals surface area (Å²) in [6.07, 6.45) is 0. The molecule has 0 amide bonds. The van der Waals surface area contributed by atoms with Crippen LogP contribution < -0.4 is 5.32 Å². The molecule has 3 heterocycles. The van der Waals surface area contributed by atoms with E-state index in [0.717, 1.165) is 21.2 Å². The largest absolute Gasteiger partial charge is 0.463 e. The Labute approximate surface area is 181 Å². The number of thioether (sulfide) groups is 1. The van der Waals surface area contributed by atoms with E-state index in [0.29, 0.717) is 29.0 Å². The molecule has 1 N–H and O–H groups in total. The minimum Gasteiger partial charge on any atom is -0.463 e. The number of hydrogen-bond acceptors (Lipinski definition) is 7. The number of aromatic nitrogens is 3. The van der Waals surface area contributed by atoms with Gasteiger partial charge in [-0.05, 0) is 36.9 Å². The molecule has 1 aliphatic rings. The minimum absolute atomic E-state index is 0.315. The van der Waals surface area contributed by atoms with E-state index < -0.39 is 0 Å². The molecular formula is C20H19ClN4O2S2. The lowest BCUT2D eigenvalue weighted by atomic mass is 10.0. The fourth-order valence-electron chi connectivity index (χ4n) is 3.13. The second kappa shape index (κ2) is 8.61. The van der Waals surface area contributed by atoms with Crippen molar-refractivity contribution in [3.63, 3.8) is 0 Å². The number of halogens is 1. The molecule has 29 heavy (non-hydrogen) atoms. The smallest absolute Gasteiger partial charge is 0.338 e. The normalized spacial score (nSPS) is 15.8. The Morgan fingerprint density at radius 1 is 1.34 bits per heavy atom. The summed E-state index contributed by atoms with van der Waals surface area (Å²) in [4.78, 5) is 18.3. The van der Waals surface area contributed by atoms with E-state index in [1.165, 1.54) is 11.8 Å². The lowest BCUT2D eigenvalue weighted by molar-refractivity contribution is -0.139. The number of esters is 1. The number of carbonyl (C=O) groups excluding carboxylic acids is 1. The summed E-state index contributed by atoms with van der Waals surface area (Å²) in [5, 5.41) is 11.2. The van der Waals surface area contributed by atoms with Gasteiger partial charge < -0.3 is 10.1 Å². The molecular weight excluding hydrogens is 428 g/mol. The summed E-state index contributed by atoms with van der Waals surface area (Å²) >= 11 is 9.33. The van der Waals surface area contributed by atoms with Crippen LogP contribution >= 0.6 is 34.7 Å². The van der Waals surface area contributed by atoms with Crippen LogP contribution in [0.25, 0.3) is 0 Å². The predicted octanol–water partition coefficient (Wildman–Crippen LogP) is 5.14. The van der Waals surface area contributed by atoms with E-state index in [1.54, 1.807) is 22.9 Å². The van der Waals surface area contributed by atoms with Gasteiger partial charge in [-0.25, -0.2) is 9.48 Å². The summed E-state index contributed by atoms with van der Waals surface area (Å²) in [5.41, 5.74) is 2.30. The van der Waals surface area contributed by atoms with Crippen molar-refractivity contribution >= 4 is 46.6 Å². The van der Waals surface area contributed by atoms with E-state index >= 15 is 0 Å². The molecule has 4 rings (SSSR count). The van der Waals surface area contributed by atoms with Gasteiger partial charge in [0, 0.05) is 21.3 Å². The second-order valence-corrected chi connectivity index (χ2v) is 8.67. The molecule has 0 radical (unpaired) electrons. The first kappa shape index (κ1) is 20.0. The van der Waals surface area contributed by atoms with Gasteiger partial charge in [0.05, 0.1) is 12.2 Å². The fraction of sp³-hybridized carbons (Fsp3) is 0.250. The number of nitrogens with zero attached hydrogens (tertiary/aromatic N) is 3. The van der Waals surface area contributed by atoms with Gasteiger partial charge in [-0.15, -0.1) is 16.4 Å². The van der Waals surface area contributed by atoms with Crippen molar-refractivity contribution in [2.75, 3.05) is 11.9 Å². The van der Waals surface area contributed by atoms with Crippen molar-refractivity contribution in [3.8, 4) is 0 Å². The summed E-state index contributed by atoms with van der Waals surface area (Å²) in [5.74, 6) is 0.919. The molecule has 0 spiro atoms. The van der Waals surface area contributed by atoms with Gasteiger partial charge in [0.15, 0.2) is 0 Å². The number of carbonyl (C=O) groups is 1. The Bertz CT molecular complexity index is 1060. The van der Waals surface area contributed by atoms with Crippen molar-refractivity contribution in [1.82, 2.24) is 14.8 Å². The summed E-state index contributed by atoms with van der Waals surface area (Å²) in [7, 11) is 0. The fourth-order valence-corrected chi connectivity index (χ4v) is 5.07. The maximum atomic E-state index is 12.7. The Morgan fingerprint density at radius 3 is 2.90 bits per heavy atom. The number of nitrogens with one attached hydrogen (secondary N) is 1. The van der Waals surface area contributed by atoms with Crippen molar-refractivity contribution in [1.29, 1.82) is 0 Å². The van der Waals surface area contributed by atoms with E-state index in [1.807, 2.05) is 48.7 Å². The monoisotopic (exact) mass is 446 g/mol. The van der Waals surface area contributed by atoms with Crippen LogP contribution in [0.1, 0.15) is 30.3 Å². The number of ether oxygens (including phenoxy) is 1. The Hall–Kier alpha value is -2.29. The van der Waals surface area contributed by atoms with Gasteiger partial charge in [-0.3, -0.25) is 0 Å². The Morgan fingerprint density at radius 2 is 2.17 bits per heavy atom. The molecule has 1 aromatic carbocycles. The predicted molar refractivity (Wildman–Crippen MR) is 116 cm³/mol. The van der Waals surface area contributed by atoms with Crippen LogP contribution in [0.2, 0.25) is 5.02 Å². The van der Waals surface area contributed by atoms with E-state index in [4.69, 9.17) is 16.3 Å². The highest BCUT2D eigenvalue weighted by molar-refractivity contribution is 7.98. The van der Waals surface area contributed by atoms with Crippen LogP contribution in [-0.2, 0) is 15.3 Å². The number of rotatable bonds is 6. The highest BCUT2D eigenvalue weighted by Gasteiger charge is 2.35. The van der Waals surface area contributed by atoms with Crippen LogP contribution in [0, 0.1) is 0 Å². The number of fused-ring (bicyclic) bond motifs is 1. The zero-order valence-electron chi connectivity index (χ0n) is 15.9. The average molecular weight is 447 g/mol. The third kappa shape index (κ3) is 4.05. The first-order valence-corrected chi connectivity index (χ1v) is 11.3. The van der Waals surface area contributed by atoms with Crippen LogP contribution in [0.5, 0.6) is 0 Å². The number of benzene rings is 1. The standard InChI is InChI=1S/C20H19ClN4O2S2/c1-3-27-18(26)16-12(2)22-19-23-20(29-11-13-7-4-5-8-14(13)21)24-25(19)17(16)15-9-6-10-28-15/h4-10,17H,3,11H2,1-2H3,(H,22,23,24). The summed E-state index contributed by atoms with van der Waals surface area (Å²) in [6.45, 7) is 3.98. The van der Waals surface area contributed by atoms with Gasteiger partial charge in [0.2, 0.25) is 11.1 Å². The lowest BCUT2D eigenvalue weighted by Gasteiger charge is -2.26. The van der Waals surface area contributed by atoms with Crippen molar-refractivity contribution in [3.05, 3.63) is 68.5 Å². The molecule has 1 unspecified atom stereocenters. The number of anilines is 1. The number of hydrogen-bond donors (Lipinski definition) is 1. The van der Waals surface area contributed by atoms with Crippen molar-refractivity contribution < 1.29 is 9.53 Å².